The summed E-state index contributed by atoms with van der Waals surface area (Å²) >= 11 is 5.00. The van der Waals surface area contributed by atoms with Gasteiger partial charge >= 0.3 is 0 Å². The summed E-state index contributed by atoms with van der Waals surface area (Å²) < 4.78 is 13.9. The second kappa shape index (κ2) is 8.84. The van der Waals surface area contributed by atoms with Crippen molar-refractivity contribution in [2.24, 2.45) is 5.10 Å². The van der Waals surface area contributed by atoms with Gasteiger partial charge in [-0.05, 0) is 36.2 Å². The first-order valence-electron chi connectivity index (χ1n) is 6.96. The number of hydrazone groups is 1. The molecular weight excluding hydrogens is 379 g/mol. The number of nitrogens with zero attached hydrogens (tertiary/aromatic N) is 1. The van der Waals surface area contributed by atoms with Gasteiger partial charge in [0.2, 0.25) is 5.91 Å². The van der Waals surface area contributed by atoms with E-state index >= 15 is 0 Å². The molecule has 0 unspecified atom stereocenters. The fourth-order valence-electron chi connectivity index (χ4n) is 1.80. The molecule has 0 aromatic heterocycles. The van der Waals surface area contributed by atoms with Gasteiger partial charge in [0, 0.05) is 10.2 Å². The van der Waals surface area contributed by atoms with Gasteiger partial charge in [0.25, 0.3) is 0 Å². The van der Waals surface area contributed by atoms with Gasteiger partial charge < -0.3 is 0 Å². The number of halogens is 2. The smallest absolute Gasteiger partial charge is 0.250 e. The second-order valence-corrected chi connectivity index (χ2v) is 6.66. The van der Waals surface area contributed by atoms with Crippen LogP contribution in [-0.2, 0) is 10.5 Å². The molecule has 0 heterocycles. The van der Waals surface area contributed by atoms with Crippen molar-refractivity contribution in [3.05, 3.63) is 69.9 Å². The summed E-state index contributed by atoms with van der Waals surface area (Å²) in [4.78, 5) is 11.8. The first-order chi connectivity index (χ1) is 11.1. The van der Waals surface area contributed by atoms with Crippen molar-refractivity contribution in [2.45, 2.75) is 12.7 Å². The molecule has 0 aliphatic carbocycles. The normalized spacial score (nSPS) is 11.3. The van der Waals surface area contributed by atoms with E-state index in [4.69, 9.17) is 0 Å². The van der Waals surface area contributed by atoms with Crippen molar-refractivity contribution in [1.82, 2.24) is 5.43 Å². The highest BCUT2D eigenvalue weighted by molar-refractivity contribution is 9.10. The molecule has 3 nitrogen and oxygen atoms in total. The van der Waals surface area contributed by atoms with Crippen molar-refractivity contribution < 1.29 is 9.18 Å². The van der Waals surface area contributed by atoms with Gasteiger partial charge in [-0.15, -0.1) is 11.8 Å². The molecule has 1 N–H and O–H groups in total. The van der Waals surface area contributed by atoms with E-state index in [0.29, 0.717) is 11.5 Å². The van der Waals surface area contributed by atoms with Crippen LogP contribution in [0.4, 0.5) is 4.39 Å². The lowest BCUT2D eigenvalue weighted by Gasteiger charge is -2.05. The largest absolute Gasteiger partial charge is 0.272 e. The Morgan fingerprint density at radius 2 is 1.91 bits per heavy atom. The van der Waals surface area contributed by atoms with Gasteiger partial charge in [-0.1, -0.05) is 46.3 Å². The van der Waals surface area contributed by atoms with Crippen molar-refractivity contribution in [2.75, 3.05) is 5.75 Å². The summed E-state index contributed by atoms with van der Waals surface area (Å²) in [6.07, 6.45) is 0. The van der Waals surface area contributed by atoms with Crippen LogP contribution < -0.4 is 5.43 Å². The van der Waals surface area contributed by atoms with E-state index in [1.165, 1.54) is 23.9 Å². The van der Waals surface area contributed by atoms with Gasteiger partial charge in [-0.2, -0.15) is 5.10 Å². The number of nitrogens with one attached hydrogen (secondary N) is 1. The zero-order valence-electron chi connectivity index (χ0n) is 12.6. The van der Waals surface area contributed by atoms with Gasteiger partial charge in [0.1, 0.15) is 5.82 Å². The van der Waals surface area contributed by atoms with Crippen molar-refractivity contribution in [1.29, 1.82) is 0 Å². The zero-order valence-corrected chi connectivity index (χ0v) is 15.0. The maximum atomic E-state index is 12.9. The van der Waals surface area contributed by atoms with E-state index < -0.39 is 0 Å². The van der Waals surface area contributed by atoms with Crippen molar-refractivity contribution in [3.63, 3.8) is 0 Å². The molecular formula is C17H16BrFN2OS. The maximum absolute atomic E-state index is 12.9. The monoisotopic (exact) mass is 394 g/mol. The number of hydrogen-bond donors (Lipinski definition) is 1. The molecule has 120 valence electrons. The number of benzene rings is 2. The summed E-state index contributed by atoms with van der Waals surface area (Å²) in [5.74, 6) is 0.606. The molecule has 23 heavy (non-hydrogen) atoms. The Labute approximate surface area is 147 Å². The summed E-state index contributed by atoms with van der Waals surface area (Å²) in [6, 6.07) is 13.9. The highest BCUT2D eigenvalue weighted by Gasteiger charge is 2.04. The topological polar surface area (TPSA) is 41.5 Å². The highest BCUT2D eigenvalue weighted by Crippen LogP contribution is 2.21. The van der Waals surface area contributed by atoms with Gasteiger partial charge in [-0.25, -0.2) is 9.82 Å². The average Bonchev–Trinajstić information content (AvgIpc) is 2.55. The standard InChI is InChI=1S/C17H16BrFN2OS/c1-12(13-6-8-15(19)9-7-13)20-21-17(22)11-23-10-14-4-2-3-5-16(14)18/h2-9H,10-11H2,1H3,(H,21,22)/b20-12+. The molecule has 0 saturated carbocycles. The van der Waals surface area contributed by atoms with Gasteiger partial charge in [-0.3, -0.25) is 4.79 Å². The summed E-state index contributed by atoms with van der Waals surface area (Å²) in [7, 11) is 0. The molecule has 6 heteroatoms. The van der Waals surface area contributed by atoms with Crippen LogP contribution in [0.15, 0.2) is 58.1 Å². The van der Waals surface area contributed by atoms with Crippen LogP contribution in [0.25, 0.3) is 0 Å². The van der Waals surface area contributed by atoms with E-state index in [2.05, 4.69) is 26.5 Å². The molecule has 0 spiro atoms. The zero-order chi connectivity index (χ0) is 16.7. The minimum atomic E-state index is -0.297. The number of carbonyl (C=O) groups excluding carboxylic acids is 1. The van der Waals surface area contributed by atoms with Gasteiger partial charge in [0.05, 0.1) is 11.5 Å². The predicted molar refractivity (Wildman–Crippen MR) is 97.1 cm³/mol. The third kappa shape index (κ3) is 5.80. The summed E-state index contributed by atoms with van der Waals surface area (Å²) in [5.41, 5.74) is 5.07. The Morgan fingerprint density at radius 1 is 1.22 bits per heavy atom. The molecule has 0 radical (unpaired) electrons. The molecule has 0 aliphatic heterocycles. The predicted octanol–water partition coefficient (Wildman–Crippen LogP) is 4.36. The fraction of sp³-hybridized carbons (Fsp3) is 0.176. The average molecular weight is 395 g/mol. The molecule has 2 aromatic carbocycles. The third-order valence-electron chi connectivity index (χ3n) is 3.06. The lowest BCUT2D eigenvalue weighted by atomic mass is 10.1. The Kier molecular flexibility index (Phi) is 6.80. The van der Waals surface area contributed by atoms with Crippen LogP contribution in [0.3, 0.4) is 0 Å². The van der Waals surface area contributed by atoms with E-state index in [-0.39, 0.29) is 11.7 Å². The quantitative estimate of drug-likeness (QED) is 0.583. The Bertz CT molecular complexity index is 704. The van der Waals surface area contributed by atoms with Crippen LogP contribution in [0, 0.1) is 5.82 Å². The lowest BCUT2D eigenvalue weighted by Crippen LogP contribution is -2.21. The number of carbonyl (C=O) groups is 1. The number of amides is 1. The van der Waals surface area contributed by atoms with E-state index in [0.717, 1.165) is 21.4 Å². The van der Waals surface area contributed by atoms with Crippen molar-refractivity contribution in [3.8, 4) is 0 Å². The van der Waals surface area contributed by atoms with Crippen molar-refractivity contribution >= 4 is 39.3 Å². The summed E-state index contributed by atoms with van der Waals surface area (Å²) in [5, 5.41) is 4.04. The molecule has 2 aromatic rings. The molecule has 0 fully saturated rings. The molecule has 0 aliphatic rings. The lowest BCUT2D eigenvalue weighted by molar-refractivity contribution is -0.118. The number of hydrogen-bond acceptors (Lipinski definition) is 3. The Morgan fingerprint density at radius 3 is 2.61 bits per heavy atom. The first kappa shape index (κ1) is 17.7. The molecule has 0 saturated heterocycles. The van der Waals surface area contributed by atoms with E-state index in [1.807, 2.05) is 24.3 Å². The number of thioether (sulfide) groups is 1. The number of rotatable bonds is 6. The van der Waals surface area contributed by atoms with Gasteiger partial charge in [0.15, 0.2) is 0 Å². The molecule has 0 atom stereocenters. The first-order valence-corrected chi connectivity index (χ1v) is 8.91. The molecule has 0 bridgehead atoms. The minimum Gasteiger partial charge on any atom is -0.272 e. The van der Waals surface area contributed by atoms with Crippen LogP contribution in [0.1, 0.15) is 18.1 Å². The Balaban J connectivity index is 1.79. The van der Waals surface area contributed by atoms with E-state index in [9.17, 15) is 9.18 Å². The fourth-order valence-corrected chi connectivity index (χ4v) is 3.24. The highest BCUT2D eigenvalue weighted by atomic mass is 79.9. The Hall–Kier alpha value is -1.66. The maximum Gasteiger partial charge on any atom is 0.250 e. The summed E-state index contributed by atoms with van der Waals surface area (Å²) in [6.45, 7) is 1.77. The second-order valence-electron chi connectivity index (χ2n) is 4.82. The van der Waals surface area contributed by atoms with Crippen LogP contribution in [0.5, 0.6) is 0 Å². The third-order valence-corrected chi connectivity index (χ3v) is 4.81. The minimum absolute atomic E-state index is 0.163. The van der Waals surface area contributed by atoms with E-state index in [1.54, 1.807) is 19.1 Å². The molecule has 1 amide bonds. The van der Waals surface area contributed by atoms with Crippen LogP contribution in [-0.4, -0.2) is 17.4 Å². The molecule has 2 rings (SSSR count). The van der Waals surface area contributed by atoms with Crippen LogP contribution in [0.2, 0.25) is 0 Å². The van der Waals surface area contributed by atoms with Crippen LogP contribution >= 0.6 is 27.7 Å². The SMILES string of the molecule is C/C(=N\NC(=O)CSCc1ccccc1Br)c1ccc(F)cc1.